The third-order valence-corrected chi connectivity index (χ3v) is 4.71. The summed E-state index contributed by atoms with van der Waals surface area (Å²) < 4.78 is 0. The molecule has 0 radical (unpaired) electrons. The quantitative estimate of drug-likeness (QED) is 0.763. The van der Waals surface area contributed by atoms with Gasteiger partial charge in [0.15, 0.2) is 0 Å². The molecule has 0 heterocycles. The fourth-order valence-electron chi connectivity index (χ4n) is 3.69. The van der Waals surface area contributed by atoms with E-state index in [9.17, 15) is 0 Å². The van der Waals surface area contributed by atoms with E-state index < -0.39 is 0 Å². The van der Waals surface area contributed by atoms with E-state index in [2.05, 4.69) is 26.1 Å². The summed E-state index contributed by atoms with van der Waals surface area (Å²) in [6, 6.07) is 0.812. The molecule has 1 heteroatoms. The van der Waals surface area contributed by atoms with Crippen LogP contribution in [0.25, 0.3) is 0 Å². The monoisotopic (exact) mass is 223 g/mol. The second-order valence-electron chi connectivity index (χ2n) is 7.15. The molecule has 0 aromatic heterocycles. The summed E-state index contributed by atoms with van der Waals surface area (Å²) >= 11 is 0. The van der Waals surface area contributed by atoms with Crippen LogP contribution in [0.5, 0.6) is 0 Å². The van der Waals surface area contributed by atoms with Gasteiger partial charge >= 0.3 is 0 Å². The Kier molecular flexibility index (Phi) is 3.94. The van der Waals surface area contributed by atoms with E-state index in [1.807, 2.05) is 0 Å². The number of hydrogen-bond acceptors (Lipinski definition) is 1. The molecule has 3 atom stereocenters. The van der Waals surface area contributed by atoms with Crippen molar-refractivity contribution >= 4 is 0 Å². The largest absolute Gasteiger partial charge is 0.314 e. The number of nitrogens with one attached hydrogen (secondary N) is 1. The molecular formula is C15H29N. The molecule has 3 unspecified atom stereocenters. The molecule has 16 heavy (non-hydrogen) atoms. The summed E-state index contributed by atoms with van der Waals surface area (Å²) in [6.07, 6.45) is 10.0. The lowest BCUT2D eigenvalue weighted by Crippen LogP contribution is -2.33. The van der Waals surface area contributed by atoms with E-state index >= 15 is 0 Å². The molecule has 0 aromatic carbocycles. The lowest BCUT2D eigenvalue weighted by Gasteiger charge is -2.28. The Morgan fingerprint density at radius 1 is 1.19 bits per heavy atom. The SMILES string of the molecule is CC1CCCC(CNC2CCC(C)(C)C2)C1. The van der Waals surface area contributed by atoms with Crippen LogP contribution in [0.2, 0.25) is 0 Å². The summed E-state index contributed by atoms with van der Waals surface area (Å²) in [5, 5.41) is 3.83. The smallest absolute Gasteiger partial charge is 0.00724 e. The molecule has 0 aromatic rings. The van der Waals surface area contributed by atoms with Crippen molar-refractivity contribution < 1.29 is 0 Å². The van der Waals surface area contributed by atoms with Gasteiger partial charge in [-0.1, -0.05) is 33.6 Å². The molecule has 0 bridgehead atoms. The molecule has 0 amide bonds. The molecule has 2 aliphatic carbocycles. The highest BCUT2D eigenvalue weighted by atomic mass is 14.9. The molecule has 0 saturated heterocycles. The zero-order chi connectivity index (χ0) is 11.6. The lowest BCUT2D eigenvalue weighted by atomic mass is 9.82. The summed E-state index contributed by atoms with van der Waals surface area (Å²) in [7, 11) is 0. The van der Waals surface area contributed by atoms with E-state index in [-0.39, 0.29) is 0 Å². The van der Waals surface area contributed by atoms with E-state index in [4.69, 9.17) is 0 Å². The Morgan fingerprint density at radius 3 is 2.62 bits per heavy atom. The standard InChI is InChI=1S/C15H29N/c1-12-5-4-6-13(9-12)11-16-14-7-8-15(2,3)10-14/h12-14,16H,4-11H2,1-3H3. The second kappa shape index (κ2) is 5.08. The van der Waals surface area contributed by atoms with Crippen LogP contribution in [-0.2, 0) is 0 Å². The molecule has 0 aliphatic heterocycles. The van der Waals surface area contributed by atoms with Crippen LogP contribution in [-0.4, -0.2) is 12.6 Å². The zero-order valence-electron chi connectivity index (χ0n) is 11.4. The molecule has 1 N–H and O–H groups in total. The highest BCUT2D eigenvalue weighted by Crippen LogP contribution is 2.37. The minimum atomic E-state index is 0.595. The Hall–Kier alpha value is -0.0400. The number of hydrogen-bond donors (Lipinski definition) is 1. The maximum absolute atomic E-state index is 3.83. The van der Waals surface area contributed by atoms with Crippen LogP contribution >= 0.6 is 0 Å². The fraction of sp³-hybridized carbons (Fsp3) is 1.00. The van der Waals surface area contributed by atoms with Gasteiger partial charge in [-0.05, 0) is 55.9 Å². The normalized spacial score (nSPS) is 38.8. The average Bonchev–Trinajstić information content (AvgIpc) is 2.56. The maximum Gasteiger partial charge on any atom is 0.00724 e. The van der Waals surface area contributed by atoms with Gasteiger partial charge in [0.25, 0.3) is 0 Å². The van der Waals surface area contributed by atoms with Crippen molar-refractivity contribution in [2.45, 2.75) is 71.8 Å². The van der Waals surface area contributed by atoms with Gasteiger partial charge in [0.05, 0.1) is 0 Å². The summed E-state index contributed by atoms with van der Waals surface area (Å²) in [6.45, 7) is 8.53. The molecule has 1 nitrogen and oxygen atoms in total. The van der Waals surface area contributed by atoms with E-state index in [0.717, 1.165) is 17.9 Å². The molecular weight excluding hydrogens is 194 g/mol. The highest BCUT2D eigenvalue weighted by molar-refractivity contribution is 4.87. The summed E-state index contributed by atoms with van der Waals surface area (Å²) in [5.74, 6) is 1.94. The minimum Gasteiger partial charge on any atom is -0.314 e. The Morgan fingerprint density at radius 2 is 2.00 bits per heavy atom. The van der Waals surface area contributed by atoms with Crippen molar-refractivity contribution in [3.8, 4) is 0 Å². The molecule has 94 valence electrons. The van der Waals surface area contributed by atoms with Gasteiger partial charge in [-0.2, -0.15) is 0 Å². The first-order chi connectivity index (χ1) is 7.55. The lowest BCUT2D eigenvalue weighted by molar-refractivity contribution is 0.263. The van der Waals surface area contributed by atoms with Crippen molar-refractivity contribution in [3.63, 3.8) is 0 Å². The van der Waals surface area contributed by atoms with Crippen LogP contribution in [0.3, 0.4) is 0 Å². The Labute approximate surface area is 101 Å². The fourth-order valence-corrected chi connectivity index (χ4v) is 3.69. The molecule has 2 saturated carbocycles. The average molecular weight is 223 g/mol. The predicted octanol–water partition coefficient (Wildman–Crippen LogP) is 3.98. The van der Waals surface area contributed by atoms with Crippen LogP contribution in [0.4, 0.5) is 0 Å². The zero-order valence-corrected chi connectivity index (χ0v) is 11.4. The van der Waals surface area contributed by atoms with Crippen molar-refractivity contribution in [2.75, 3.05) is 6.54 Å². The highest BCUT2D eigenvalue weighted by Gasteiger charge is 2.31. The van der Waals surface area contributed by atoms with Gasteiger partial charge < -0.3 is 5.32 Å². The van der Waals surface area contributed by atoms with Crippen LogP contribution in [0, 0.1) is 17.3 Å². The maximum atomic E-state index is 3.83. The van der Waals surface area contributed by atoms with Crippen LogP contribution < -0.4 is 5.32 Å². The van der Waals surface area contributed by atoms with Gasteiger partial charge in [0, 0.05) is 6.04 Å². The van der Waals surface area contributed by atoms with Crippen LogP contribution in [0.15, 0.2) is 0 Å². The van der Waals surface area contributed by atoms with E-state index in [1.54, 1.807) is 0 Å². The molecule has 0 spiro atoms. The molecule has 2 rings (SSSR count). The Bertz CT molecular complexity index is 219. The molecule has 2 fully saturated rings. The van der Waals surface area contributed by atoms with Gasteiger partial charge in [-0.15, -0.1) is 0 Å². The van der Waals surface area contributed by atoms with Crippen molar-refractivity contribution in [1.29, 1.82) is 0 Å². The van der Waals surface area contributed by atoms with Gasteiger partial charge in [0.2, 0.25) is 0 Å². The van der Waals surface area contributed by atoms with Gasteiger partial charge in [0.1, 0.15) is 0 Å². The second-order valence-corrected chi connectivity index (χ2v) is 7.15. The van der Waals surface area contributed by atoms with Crippen molar-refractivity contribution in [2.24, 2.45) is 17.3 Å². The van der Waals surface area contributed by atoms with E-state index in [0.29, 0.717) is 5.41 Å². The van der Waals surface area contributed by atoms with Crippen molar-refractivity contribution in [1.82, 2.24) is 5.32 Å². The first kappa shape index (κ1) is 12.4. The van der Waals surface area contributed by atoms with Crippen LogP contribution in [0.1, 0.15) is 65.7 Å². The topological polar surface area (TPSA) is 12.0 Å². The minimum absolute atomic E-state index is 0.595. The predicted molar refractivity (Wildman–Crippen MR) is 70.5 cm³/mol. The number of rotatable bonds is 3. The molecule has 2 aliphatic rings. The summed E-state index contributed by atoms with van der Waals surface area (Å²) in [5.41, 5.74) is 0.595. The third kappa shape index (κ3) is 3.48. The van der Waals surface area contributed by atoms with Gasteiger partial charge in [-0.25, -0.2) is 0 Å². The van der Waals surface area contributed by atoms with Gasteiger partial charge in [-0.3, -0.25) is 0 Å². The third-order valence-electron chi connectivity index (χ3n) is 4.71. The van der Waals surface area contributed by atoms with E-state index in [1.165, 1.54) is 51.5 Å². The first-order valence-electron chi connectivity index (χ1n) is 7.28. The Balaban J connectivity index is 1.68. The summed E-state index contributed by atoms with van der Waals surface area (Å²) in [4.78, 5) is 0. The first-order valence-corrected chi connectivity index (χ1v) is 7.28. The van der Waals surface area contributed by atoms with Crippen molar-refractivity contribution in [3.05, 3.63) is 0 Å².